The Morgan fingerprint density at radius 2 is 1.71 bits per heavy atom. The van der Waals surface area contributed by atoms with E-state index in [0.717, 1.165) is 31.6 Å². The lowest BCUT2D eigenvalue weighted by molar-refractivity contribution is -0.135. The maximum absolute atomic E-state index is 12.7. The number of anilines is 1. The van der Waals surface area contributed by atoms with E-state index in [0.29, 0.717) is 12.1 Å². The Bertz CT molecular complexity index is 604. The van der Waals surface area contributed by atoms with Crippen LogP contribution in [0.5, 0.6) is 0 Å². The van der Waals surface area contributed by atoms with Gasteiger partial charge in [-0.1, -0.05) is 13.8 Å². The van der Waals surface area contributed by atoms with Crippen molar-refractivity contribution in [2.45, 2.75) is 40.0 Å². The summed E-state index contributed by atoms with van der Waals surface area (Å²) in [5.41, 5.74) is 1.37. The minimum atomic E-state index is -0.275. The summed E-state index contributed by atoms with van der Waals surface area (Å²) < 4.78 is 0. The van der Waals surface area contributed by atoms with E-state index >= 15 is 0 Å². The summed E-state index contributed by atoms with van der Waals surface area (Å²) in [6.45, 7) is 7.52. The number of Topliss-reactive ketones (excluding diaryl/α,β-unsaturated/α-hetero) is 1. The van der Waals surface area contributed by atoms with Gasteiger partial charge in [-0.05, 0) is 44.0 Å². The molecule has 0 N–H and O–H groups in total. The number of hydrogen-bond donors (Lipinski definition) is 0. The summed E-state index contributed by atoms with van der Waals surface area (Å²) in [5.74, 6) is -0.230. The van der Waals surface area contributed by atoms with Gasteiger partial charge in [-0.2, -0.15) is 0 Å². The van der Waals surface area contributed by atoms with E-state index < -0.39 is 0 Å². The van der Waals surface area contributed by atoms with Crippen LogP contribution in [0.2, 0.25) is 0 Å². The highest BCUT2D eigenvalue weighted by atomic mass is 16.2. The van der Waals surface area contributed by atoms with Gasteiger partial charge in [0, 0.05) is 37.3 Å². The topological polar surface area (TPSA) is 57.7 Å². The molecule has 1 aromatic carbocycles. The third kappa shape index (κ3) is 4.02. The molecule has 1 atom stereocenters. The van der Waals surface area contributed by atoms with Gasteiger partial charge in [0.1, 0.15) is 0 Å². The van der Waals surface area contributed by atoms with Crippen molar-refractivity contribution < 1.29 is 14.4 Å². The molecule has 1 aliphatic rings. The fraction of sp³-hybridized carbons (Fsp3) is 0.526. The molecule has 0 radical (unpaired) electrons. The summed E-state index contributed by atoms with van der Waals surface area (Å²) in [5, 5.41) is 0. The van der Waals surface area contributed by atoms with Crippen LogP contribution in [0.25, 0.3) is 0 Å². The quantitative estimate of drug-likeness (QED) is 0.722. The minimum absolute atomic E-state index is 0.00266. The largest absolute Gasteiger partial charge is 0.342 e. The zero-order valence-electron chi connectivity index (χ0n) is 14.7. The fourth-order valence-corrected chi connectivity index (χ4v) is 3.13. The number of ketones is 1. The molecular weight excluding hydrogens is 304 g/mol. The van der Waals surface area contributed by atoms with Crippen LogP contribution >= 0.6 is 0 Å². The number of amides is 2. The molecule has 2 rings (SSSR count). The molecule has 130 valence electrons. The Morgan fingerprint density at radius 1 is 1.12 bits per heavy atom. The average Bonchev–Trinajstić information content (AvgIpc) is 2.96. The number of carbonyl (C=O) groups is 3. The van der Waals surface area contributed by atoms with E-state index in [1.54, 1.807) is 29.2 Å². The highest BCUT2D eigenvalue weighted by Gasteiger charge is 2.36. The van der Waals surface area contributed by atoms with Crippen molar-refractivity contribution in [1.29, 1.82) is 0 Å². The van der Waals surface area contributed by atoms with Gasteiger partial charge in [-0.3, -0.25) is 14.4 Å². The first-order valence-corrected chi connectivity index (χ1v) is 8.68. The SMILES string of the molecule is CCCN(CCC)C(=O)C1CC(=O)N(c2ccc(C(C)=O)cc2)C1. The van der Waals surface area contributed by atoms with Crippen molar-refractivity contribution in [3.8, 4) is 0 Å². The van der Waals surface area contributed by atoms with Crippen molar-refractivity contribution in [3.05, 3.63) is 29.8 Å². The molecular formula is C19H26N2O3. The average molecular weight is 330 g/mol. The number of carbonyl (C=O) groups excluding carboxylic acids is 3. The molecule has 1 saturated heterocycles. The Hall–Kier alpha value is -2.17. The second-order valence-electron chi connectivity index (χ2n) is 6.33. The van der Waals surface area contributed by atoms with Crippen molar-refractivity contribution in [2.24, 2.45) is 5.92 Å². The maximum atomic E-state index is 12.7. The van der Waals surface area contributed by atoms with Gasteiger partial charge in [0.15, 0.2) is 5.78 Å². The highest BCUT2D eigenvalue weighted by molar-refractivity contribution is 6.01. The van der Waals surface area contributed by atoms with E-state index in [1.165, 1.54) is 6.92 Å². The molecule has 24 heavy (non-hydrogen) atoms. The van der Waals surface area contributed by atoms with Gasteiger partial charge in [0.2, 0.25) is 11.8 Å². The molecule has 1 aliphatic heterocycles. The zero-order valence-corrected chi connectivity index (χ0v) is 14.7. The molecule has 5 nitrogen and oxygen atoms in total. The van der Waals surface area contributed by atoms with E-state index in [2.05, 4.69) is 13.8 Å². The number of hydrogen-bond acceptors (Lipinski definition) is 3. The van der Waals surface area contributed by atoms with E-state index in [1.807, 2.05) is 4.90 Å². The van der Waals surface area contributed by atoms with Gasteiger partial charge in [0.25, 0.3) is 0 Å². The smallest absolute Gasteiger partial charge is 0.228 e. The van der Waals surface area contributed by atoms with Crippen LogP contribution in [-0.4, -0.2) is 42.1 Å². The van der Waals surface area contributed by atoms with Gasteiger partial charge < -0.3 is 9.80 Å². The van der Waals surface area contributed by atoms with Crippen LogP contribution in [0, 0.1) is 5.92 Å². The third-order valence-electron chi connectivity index (χ3n) is 4.36. The van der Waals surface area contributed by atoms with Gasteiger partial charge in [-0.15, -0.1) is 0 Å². The molecule has 0 saturated carbocycles. The molecule has 1 unspecified atom stereocenters. The van der Waals surface area contributed by atoms with E-state index in [-0.39, 0.29) is 29.9 Å². The normalized spacial score (nSPS) is 17.2. The third-order valence-corrected chi connectivity index (χ3v) is 4.36. The first kappa shape index (κ1) is 18.2. The first-order valence-electron chi connectivity index (χ1n) is 8.68. The number of nitrogens with zero attached hydrogens (tertiary/aromatic N) is 2. The molecule has 5 heteroatoms. The van der Waals surface area contributed by atoms with Crippen molar-refractivity contribution >= 4 is 23.3 Å². The van der Waals surface area contributed by atoms with Crippen LogP contribution in [0.4, 0.5) is 5.69 Å². The fourth-order valence-electron chi connectivity index (χ4n) is 3.13. The lowest BCUT2D eigenvalue weighted by Gasteiger charge is -2.24. The summed E-state index contributed by atoms with van der Waals surface area (Å²) in [4.78, 5) is 39.9. The predicted molar refractivity (Wildman–Crippen MR) is 94.1 cm³/mol. The van der Waals surface area contributed by atoms with Crippen LogP contribution in [0.15, 0.2) is 24.3 Å². The maximum Gasteiger partial charge on any atom is 0.228 e. The van der Waals surface area contributed by atoms with Crippen molar-refractivity contribution in [2.75, 3.05) is 24.5 Å². The Kier molecular flexibility index (Phi) is 6.12. The molecule has 0 aliphatic carbocycles. The number of rotatable bonds is 7. The Balaban J connectivity index is 2.09. The molecule has 1 aromatic rings. The predicted octanol–water partition coefficient (Wildman–Crippen LogP) is 2.89. The molecule has 1 heterocycles. The van der Waals surface area contributed by atoms with E-state index in [4.69, 9.17) is 0 Å². The second kappa shape index (κ2) is 8.08. The van der Waals surface area contributed by atoms with Gasteiger partial charge >= 0.3 is 0 Å². The molecule has 2 amide bonds. The van der Waals surface area contributed by atoms with Crippen LogP contribution in [-0.2, 0) is 9.59 Å². The Morgan fingerprint density at radius 3 is 2.21 bits per heavy atom. The van der Waals surface area contributed by atoms with Crippen LogP contribution < -0.4 is 4.90 Å². The monoisotopic (exact) mass is 330 g/mol. The molecule has 1 fully saturated rings. The van der Waals surface area contributed by atoms with E-state index in [9.17, 15) is 14.4 Å². The zero-order chi connectivity index (χ0) is 17.7. The van der Waals surface area contributed by atoms with Crippen molar-refractivity contribution in [1.82, 2.24) is 4.90 Å². The summed E-state index contributed by atoms with van der Waals surface area (Å²) in [6.07, 6.45) is 2.10. The summed E-state index contributed by atoms with van der Waals surface area (Å²) in [7, 11) is 0. The minimum Gasteiger partial charge on any atom is -0.342 e. The first-order chi connectivity index (χ1) is 11.5. The molecule has 0 spiro atoms. The lowest BCUT2D eigenvalue weighted by Crippen LogP contribution is -2.38. The second-order valence-corrected chi connectivity index (χ2v) is 6.33. The van der Waals surface area contributed by atoms with Gasteiger partial charge in [-0.25, -0.2) is 0 Å². The Labute approximate surface area is 143 Å². The van der Waals surface area contributed by atoms with Crippen LogP contribution in [0.1, 0.15) is 50.4 Å². The standard InChI is InChI=1S/C19H26N2O3/c1-4-10-20(11-5-2)19(24)16-12-18(23)21(13-16)17-8-6-15(7-9-17)14(3)22/h6-9,16H,4-5,10-13H2,1-3H3. The van der Waals surface area contributed by atoms with Crippen LogP contribution in [0.3, 0.4) is 0 Å². The van der Waals surface area contributed by atoms with Gasteiger partial charge in [0.05, 0.1) is 5.92 Å². The summed E-state index contributed by atoms with van der Waals surface area (Å²) in [6, 6.07) is 7.00. The molecule has 0 bridgehead atoms. The number of benzene rings is 1. The highest BCUT2D eigenvalue weighted by Crippen LogP contribution is 2.27. The summed E-state index contributed by atoms with van der Waals surface area (Å²) >= 11 is 0. The van der Waals surface area contributed by atoms with Crippen molar-refractivity contribution in [3.63, 3.8) is 0 Å². The lowest BCUT2D eigenvalue weighted by atomic mass is 10.1. The molecule has 0 aromatic heterocycles.